The van der Waals surface area contributed by atoms with Crippen molar-refractivity contribution in [2.75, 3.05) is 12.9 Å². The lowest BCUT2D eigenvalue weighted by atomic mass is 10.1. The van der Waals surface area contributed by atoms with E-state index in [2.05, 4.69) is 0 Å². The first-order valence-electron chi connectivity index (χ1n) is 7.85. The van der Waals surface area contributed by atoms with Crippen LogP contribution in [0, 0.1) is 6.92 Å². The maximum Gasteiger partial charge on any atom is 0.329 e. The average molecular weight is 376 g/mol. The minimum Gasteiger partial charge on any atom is -0.467 e. The van der Waals surface area contributed by atoms with Crippen molar-refractivity contribution < 1.29 is 14.3 Å². The molecule has 0 saturated carbocycles. The molecule has 25 heavy (non-hydrogen) atoms. The average Bonchev–Trinajstić information content (AvgIpc) is 3.06. The number of carbonyl (C=O) groups is 2. The van der Waals surface area contributed by atoms with Gasteiger partial charge in [0, 0.05) is 16.3 Å². The summed E-state index contributed by atoms with van der Waals surface area (Å²) >= 11 is 7.52. The number of rotatable bonds is 3. The van der Waals surface area contributed by atoms with Gasteiger partial charge in [-0.1, -0.05) is 41.4 Å². The van der Waals surface area contributed by atoms with Gasteiger partial charge in [0.1, 0.15) is 11.4 Å². The number of carbonyl (C=O) groups excluding carboxylic acids is 2. The molecule has 1 saturated heterocycles. The maximum absolute atomic E-state index is 13.1. The highest BCUT2D eigenvalue weighted by Gasteiger charge is 2.43. The number of nitrogens with zero attached hydrogens (tertiary/aromatic N) is 1. The number of esters is 1. The second kappa shape index (κ2) is 7.50. The molecular formula is C19H18ClNO3S. The highest BCUT2D eigenvalue weighted by molar-refractivity contribution is 7.99. The molecule has 1 aliphatic heterocycles. The first-order valence-corrected chi connectivity index (χ1v) is 9.28. The molecule has 1 heterocycles. The van der Waals surface area contributed by atoms with Gasteiger partial charge in [0.25, 0.3) is 5.91 Å². The van der Waals surface area contributed by atoms with Crippen LogP contribution in [-0.4, -0.2) is 35.7 Å². The Bertz CT molecular complexity index is 776. The number of methoxy groups -OCH3 is 1. The summed E-state index contributed by atoms with van der Waals surface area (Å²) in [4.78, 5) is 26.9. The fourth-order valence-electron chi connectivity index (χ4n) is 2.80. The lowest BCUT2D eigenvalue weighted by Gasteiger charge is -2.28. The molecule has 0 spiro atoms. The molecule has 2 aromatic rings. The summed E-state index contributed by atoms with van der Waals surface area (Å²) in [5.41, 5.74) is 2.56. The molecule has 4 nitrogen and oxygen atoms in total. The fraction of sp³-hybridized carbons (Fsp3) is 0.263. The van der Waals surface area contributed by atoms with Gasteiger partial charge in [0.15, 0.2) is 0 Å². The van der Waals surface area contributed by atoms with Gasteiger partial charge in [-0.15, -0.1) is 11.8 Å². The zero-order chi connectivity index (χ0) is 18.0. The minimum atomic E-state index is -0.607. The number of hydrogen-bond donors (Lipinski definition) is 0. The van der Waals surface area contributed by atoms with E-state index in [1.165, 1.54) is 7.11 Å². The third kappa shape index (κ3) is 3.67. The minimum absolute atomic E-state index is 0.180. The molecule has 0 aliphatic carbocycles. The summed E-state index contributed by atoms with van der Waals surface area (Å²) in [5, 5.41) is 0.378. The van der Waals surface area contributed by atoms with E-state index >= 15 is 0 Å². The van der Waals surface area contributed by atoms with E-state index in [1.54, 1.807) is 40.9 Å². The molecule has 6 heteroatoms. The molecule has 0 unspecified atom stereocenters. The normalized spacial score (nSPS) is 19.7. The van der Waals surface area contributed by atoms with E-state index < -0.39 is 12.0 Å². The van der Waals surface area contributed by atoms with Crippen molar-refractivity contribution >= 4 is 35.2 Å². The Morgan fingerprint density at radius 1 is 1.12 bits per heavy atom. The van der Waals surface area contributed by atoms with Gasteiger partial charge < -0.3 is 9.64 Å². The Morgan fingerprint density at radius 3 is 2.36 bits per heavy atom. The van der Waals surface area contributed by atoms with Crippen molar-refractivity contribution in [3.63, 3.8) is 0 Å². The number of amides is 1. The molecule has 0 N–H and O–H groups in total. The van der Waals surface area contributed by atoms with E-state index in [4.69, 9.17) is 16.3 Å². The van der Waals surface area contributed by atoms with Crippen LogP contribution in [0.1, 0.15) is 26.9 Å². The monoisotopic (exact) mass is 375 g/mol. The van der Waals surface area contributed by atoms with Crippen LogP contribution >= 0.6 is 23.4 Å². The molecule has 0 radical (unpaired) electrons. The second-order valence-corrected chi connectivity index (χ2v) is 7.40. The first kappa shape index (κ1) is 17.8. The summed E-state index contributed by atoms with van der Waals surface area (Å²) in [6.45, 7) is 1.97. The summed E-state index contributed by atoms with van der Waals surface area (Å²) in [5.74, 6) is -0.0813. The van der Waals surface area contributed by atoms with Crippen LogP contribution in [0.15, 0.2) is 48.5 Å². The van der Waals surface area contributed by atoms with Crippen LogP contribution in [0.4, 0.5) is 0 Å². The molecular weight excluding hydrogens is 358 g/mol. The van der Waals surface area contributed by atoms with Crippen molar-refractivity contribution in [1.82, 2.24) is 4.90 Å². The van der Waals surface area contributed by atoms with Crippen LogP contribution in [0.25, 0.3) is 0 Å². The topological polar surface area (TPSA) is 46.6 Å². The molecule has 1 aliphatic rings. The summed E-state index contributed by atoms with van der Waals surface area (Å²) in [6.07, 6.45) is 0. The molecule has 0 bridgehead atoms. The Hall–Kier alpha value is -1.98. The smallest absolute Gasteiger partial charge is 0.329 e. The van der Waals surface area contributed by atoms with Gasteiger partial charge in [0.05, 0.1) is 7.11 Å². The molecule has 1 fully saturated rings. The van der Waals surface area contributed by atoms with Crippen LogP contribution < -0.4 is 0 Å². The standard InChI is InChI=1S/C19H18ClNO3S/c1-12-3-5-13(6-4-12)17(22)21-16(19(23)24-2)11-25-18(21)14-7-9-15(20)10-8-14/h3-10,16,18H,11H2,1-2H3/t16-,18-/m0/s1. The van der Waals surface area contributed by atoms with Gasteiger partial charge >= 0.3 is 5.97 Å². The predicted octanol–water partition coefficient (Wildman–Crippen LogP) is 4.08. The molecule has 2 atom stereocenters. The number of ether oxygens (including phenoxy) is 1. The summed E-state index contributed by atoms with van der Waals surface area (Å²) in [7, 11) is 1.34. The Balaban J connectivity index is 1.97. The van der Waals surface area contributed by atoms with Gasteiger partial charge in [-0.05, 0) is 36.8 Å². The van der Waals surface area contributed by atoms with Crippen molar-refractivity contribution in [3.8, 4) is 0 Å². The van der Waals surface area contributed by atoms with Gasteiger partial charge in [0.2, 0.25) is 0 Å². The largest absolute Gasteiger partial charge is 0.467 e. The van der Waals surface area contributed by atoms with E-state index in [9.17, 15) is 9.59 Å². The fourth-order valence-corrected chi connectivity index (χ4v) is 4.34. The number of hydrogen-bond acceptors (Lipinski definition) is 4. The molecule has 3 rings (SSSR count). The zero-order valence-corrected chi connectivity index (χ0v) is 15.5. The molecule has 0 aromatic heterocycles. The van der Waals surface area contributed by atoms with E-state index in [0.29, 0.717) is 16.3 Å². The van der Waals surface area contributed by atoms with Gasteiger partial charge in [-0.2, -0.15) is 0 Å². The number of aryl methyl sites for hydroxylation is 1. The van der Waals surface area contributed by atoms with Crippen LogP contribution in [0.2, 0.25) is 5.02 Å². The van der Waals surface area contributed by atoms with Gasteiger partial charge in [-0.25, -0.2) is 4.79 Å². The van der Waals surface area contributed by atoms with E-state index in [-0.39, 0.29) is 11.3 Å². The van der Waals surface area contributed by atoms with E-state index in [1.807, 2.05) is 31.2 Å². The van der Waals surface area contributed by atoms with Crippen LogP contribution in [0.3, 0.4) is 0 Å². The van der Waals surface area contributed by atoms with E-state index in [0.717, 1.165) is 11.1 Å². The van der Waals surface area contributed by atoms with Crippen molar-refractivity contribution in [3.05, 3.63) is 70.2 Å². The predicted molar refractivity (Wildman–Crippen MR) is 99.8 cm³/mol. The van der Waals surface area contributed by atoms with Gasteiger partial charge in [-0.3, -0.25) is 4.79 Å². The third-order valence-corrected chi connectivity index (χ3v) is 5.74. The molecule has 2 aromatic carbocycles. The lowest BCUT2D eigenvalue weighted by molar-refractivity contribution is -0.145. The second-order valence-electron chi connectivity index (χ2n) is 5.85. The molecule has 1 amide bonds. The number of thioether (sulfide) groups is 1. The summed E-state index contributed by atoms with van der Waals surface area (Å²) in [6, 6.07) is 14.1. The van der Waals surface area contributed by atoms with Crippen molar-refractivity contribution in [2.24, 2.45) is 0 Å². The highest BCUT2D eigenvalue weighted by atomic mass is 35.5. The number of halogens is 1. The SMILES string of the molecule is COC(=O)[C@@H]1CS[C@@H](c2ccc(Cl)cc2)N1C(=O)c1ccc(C)cc1. The Kier molecular flexibility index (Phi) is 5.35. The zero-order valence-electron chi connectivity index (χ0n) is 13.9. The summed E-state index contributed by atoms with van der Waals surface area (Å²) < 4.78 is 4.91. The quantitative estimate of drug-likeness (QED) is 0.758. The Morgan fingerprint density at radius 2 is 1.76 bits per heavy atom. The maximum atomic E-state index is 13.1. The van der Waals surface area contributed by atoms with Crippen LogP contribution in [0.5, 0.6) is 0 Å². The lowest BCUT2D eigenvalue weighted by Crippen LogP contribution is -2.43. The van der Waals surface area contributed by atoms with Crippen molar-refractivity contribution in [1.29, 1.82) is 0 Å². The highest BCUT2D eigenvalue weighted by Crippen LogP contribution is 2.42. The van der Waals surface area contributed by atoms with Crippen molar-refractivity contribution in [2.45, 2.75) is 18.3 Å². The number of benzene rings is 2. The first-order chi connectivity index (χ1) is 12.0. The van der Waals surface area contributed by atoms with Crippen LogP contribution in [-0.2, 0) is 9.53 Å². The Labute approximate surface area is 156 Å². The molecule has 130 valence electrons. The third-order valence-electron chi connectivity index (χ3n) is 4.16.